The van der Waals surface area contributed by atoms with E-state index in [0.29, 0.717) is 40.3 Å². The minimum absolute atomic E-state index is 0.0823. The zero-order chi connectivity index (χ0) is 18.4. The number of carbonyl (C=O) groups excluding carboxylic acids is 1. The molecule has 1 aliphatic carbocycles. The van der Waals surface area contributed by atoms with Crippen molar-refractivity contribution < 1.29 is 18.0 Å². The topological polar surface area (TPSA) is 49.9 Å². The summed E-state index contributed by atoms with van der Waals surface area (Å²) in [5.74, 6) is -0.464. The van der Waals surface area contributed by atoms with Crippen LogP contribution in [-0.2, 0) is 12.6 Å². The van der Waals surface area contributed by atoms with Crippen molar-refractivity contribution in [3.8, 4) is 11.1 Å². The molecule has 1 aromatic carbocycles. The molecule has 1 N–H and O–H groups in total. The molecule has 3 nitrogen and oxygen atoms in total. The van der Waals surface area contributed by atoms with Crippen molar-refractivity contribution in [2.24, 2.45) is 0 Å². The van der Waals surface area contributed by atoms with Crippen molar-refractivity contribution >= 4 is 23.5 Å². The van der Waals surface area contributed by atoms with E-state index in [0.717, 1.165) is 12.1 Å². The van der Waals surface area contributed by atoms with Gasteiger partial charge in [-0.2, -0.15) is 13.2 Å². The molecule has 0 saturated heterocycles. The molecule has 0 aliphatic heterocycles. The Labute approximate surface area is 146 Å². The highest BCUT2D eigenvalue weighted by Crippen LogP contribution is 2.36. The van der Waals surface area contributed by atoms with Crippen LogP contribution in [0.4, 0.5) is 13.2 Å². The zero-order valence-corrected chi connectivity index (χ0v) is 13.9. The van der Waals surface area contributed by atoms with Crippen molar-refractivity contribution in [1.82, 2.24) is 4.98 Å². The Hall–Kier alpha value is -2.34. The van der Waals surface area contributed by atoms with Gasteiger partial charge < -0.3 is 4.98 Å². The number of hydrogen-bond acceptors (Lipinski definition) is 2. The van der Waals surface area contributed by atoms with Gasteiger partial charge in [0.15, 0.2) is 5.78 Å². The summed E-state index contributed by atoms with van der Waals surface area (Å²) in [5.41, 5.74) is 0.442. The Morgan fingerprint density at radius 1 is 1.16 bits per heavy atom. The maximum Gasteiger partial charge on any atom is 0.416 e. The van der Waals surface area contributed by atoms with Gasteiger partial charge in [-0.25, -0.2) is 0 Å². The monoisotopic (exact) mass is 367 g/mol. The average Bonchev–Trinajstić information content (AvgIpc) is 2.53. The van der Waals surface area contributed by atoms with Gasteiger partial charge in [0.2, 0.25) is 0 Å². The minimum atomic E-state index is -4.46. The van der Waals surface area contributed by atoms with Crippen molar-refractivity contribution in [2.45, 2.75) is 25.9 Å². The second kappa shape index (κ2) is 6.19. The lowest BCUT2D eigenvalue weighted by molar-refractivity contribution is -0.137. The highest BCUT2D eigenvalue weighted by Gasteiger charge is 2.30. The predicted octanol–water partition coefficient (Wildman–Crippen LogP) is 4.79. The van der Waals surface area contributed by atoms with E-state index in [1.54, 1.807) is 6.08 Å². The van der Waals surface area contributed by atoms with Gasteiger partial charge in [-0.3, -0.25) is 9.59 Å². The highest BCUT2D eigenvalue weighted by atomic mass is 35.5. The smallest absolute Gasteiger partial charge is 0.325 e. The maximum absolute atomic E-state index is 12.8. The molecular weight excluding hydrogens is 355 g/mol. The molecule has 0 spiro atoms. The zero-order valence-electron chi connectivity index (χ0n) is 13.1. The molecule has 1 heterocycles. The second-order valence-electron chi connectivity index (χ2n) is 5.82. The summed E-state index contributed by atoms with van der Waals surface area (Å²) < 4.78 is 38.3. The number of rotatable bonds is 2. The van der Waals surface area contributed by atoms with E-state index in [9.17, 15) is 22.8 Å². The number of benzene rings is 1. The Morgan fingerprint density at radius 3 is 2.36 bits per heavy atom. The maximum atomic E-state index is 12.8. The normalized spacial score (nSPS) is 14.0. The van der Waals surface area contributed by atoms with Crippen molar-refractivity contribution in [1.29, 1.82) is 0 Å². The summed E-state index contributed by atoms with van der Waals surface area (Å²) in [6, 6.07) is 4.39. The van der Waals surface area contributed by atoms with Crippen LogP contribution in [0.5, 0.6) is 0 Å². The van der Waals surface area contributed by atoms with E-state index in [1.807, 2.05) is 0 Å². The van der Waals surface area contributed by atoms with Gasteiger partial charge in [-0.15, -0.1) is 0 Å². The minimum Gasteiger partial charge on any atom is -0.325 e. The van der Waals surface area contributed by atoms with Gasteiger partial charge in [0.25, 0.3) is 5.56 Å². The molecule has 3 rings (SSSR count). The van der Waals surface area contributed by atoms with Crippen LogP contribution >= 0.6 is 11.6 Å². The standard InChI is InChI=1S/C18H13ClF3NO2/c1-9(24)15-16(10-2-4-11(5-3-10)18(20,21)22)13-8-12(19)6-7-14(13)23-17(15)25/h2-5,8H,6-7H2,1H3,(H,23,25). The molecular formula is C18H13ClF3NO2. The van der Waals surface area contributed by atoms with Crippen molar-refractivity contribution in [3.63, 3.8) is 0 Å². The molecule has 7 heteroatoms. The first-order chi connectivity index (χ1) is 11.7. The van der Waals surface area contributed by atoms with Gasteiger partial charge in [-0.05, 0) is 43.5 Å². The van der Waals surface area contributed by atoms with E-state index < -0.39 is 23.1 Å². The molecule has 1 aliphatic rings. The van der Waals surface area contributed by atoms with Gasteiger partial charge >= 0.3 is 6.18 Å². The van der Waals surface area contributed by atoms with Crippen molar-refractivity contribution in [2.75, 3.05) is 0 Å². The summed E-state index contributed by atoms with van der Waals surface area (Å²) in [6.07, 6.45) is -1.77. The molecule has 2 aromatic rings. The first-order valence-electron chi connectivity index (χ1n) is 7.52. The molecule has 130 valence electrons. The number of H-pyrrole nitrogens is 1. The molecule has 0 saturated carbocycles. The quantitative estimate of drug-likeness (QED) is 0.776. The van der Waals surface area contributed by atoms with Gasteiger partial charge in [-0.1, -0.05) is 23.7 Å². The third-order valence-corrected chi connectivity index (χ3v) is 4.40. The number of alkyl halides is 3. The van der Waals surface area contributed by atoms with Crippen LogP contribution in [0.2, 0.25) is 0 Å². The molecule has 0 radical (unpaired) electrons. The highest BCUT2D eigenvalue weighted by molar-refractivity contribution is 6.31. The fourth-order valence-electron chi connectivity index (χ4n) is 2.96. The summed E-state index contributed by atoms with van der Waals surface area (Å²) >= 11 is 6.10. The third-order valence-electron chi connectivity index (χ3n) is 4.10. The number of aryl methyl sites for hydroxylation is 1. The van der Waals surface area contributed by atoms with Gasteiger partial charge in [0, 0.05) is 21.9 Å². The Morgan fingerprint density at radius 2 is 1.80 bits per heavy atom. The summed E-state index contributed by atoms with van der Waals surface area (Å²) in [4.78, 5) is 27.0. The average molecular weight is 368 g/mol. The number of aromatic nitrogens is 1. The Bertz CT molecular complexity index is 941. The van der Waals surface area contributed by atoms with Crippen LogP contribution < -0.4 is 5.56 Å². The molecule has 0 atom stereocenters. The fourth-order valence-corrected chi connectivity index (χ4v) is 3.16. The van der Waals surface area contributed by atoms with Gasteiger partial charge in [0.1, 0.15) is 0 Å². The van der Waals surface area contributed by atoms with Crippen LogP contribution in [0.15, 0.2) is 34.1 Å². The molecule has 0 bridgehead atoms. The number of nitrogens with one attached hydrogen (secondary N) is 1. The number of pyridine rings is 1. The lowest BCUT2D eigenvalue weighted by atomic mass is 9.89. The third kappa shape index (κ3) is 3.26. The van der Waals surface area contributed by atoms with Gasteiger partial charge in [0.05, 0.1) is 11.1 Å². The van der Waals surface area contributed by atoms with E-state index in [1.165, 1.54) is 19.1 Å². The number of aromatic amines is 1. The SMILES string of the molecule is CC(=O)c1c(-c2ccc(C(F)(F)F)cc2)c2c([nH]c1=O)CCC(Cl)=C2. The lowest BCUT2D eigenvalue weighted by Crippen LogP contribution is -2.22. The van der Waals surface area contributed by atoms with Crippen LogP contribution in [0.25, 0.3) is 17.2 Å². The number of fused-ring (bicyclic) bond motifs is 1. The lowest BCUT2D eigenvalue weighted by Gasteiger charge is -2.19. The first kappa shape index (κ1) is 17.5. The summed E-state index contributed by atoms with van der Waals surface area (Å²) in [7, 11) is 0. The molecule has 25 heavy (non-hydrogen) atoms. The molecule has 1 aromatic heterocycles. The largest absolute Gasteiger partial charge is 0.416 e. The van der Waals surface area contributed by atoms with E-state index in [2.05, 4.69) is 4.98 Å². The summed E-state index contributed by atoms with van der Waals surface area (Å²) in [6.45, 7) is 1.25. The van der Waals surface area contributed by atoms with Crippen LogP contribution in [0.3, 0.4) is 0 Å². The van der Waals surface area contributed by atoms with Crippen LogP contribution in [0.1, 0.15) is 40.5 Å². The van der Waals surface area contributed by atoms with E-state index in [4.69, 9.17) is 11.6 Å². The molecule has 0 unspecified atom stereocenters. The molecule has 0 amide bonds. The number of allylic oxidation sites excluding steroid dienone is 1. The Balaban J connectivity index is 2.30. The molecule has 0 fully saturated rings. The van der Waals surface area contributed by atoms with E-state index >= 15 is 0 Å². The number of ketones is 1. The first-order valence-corrected chi connectivity index (χ1v) is 7.90. The number of hydrogen-bond donors (Lipinski definition) is 1. The summed E-state index contributed by atoms with van der Waals surface area (Å²) in [5, 5.41) is 0.558. The fraction of sp³-hybridized carbons (Fsp3) is 0.222. The number of Topliss-reactive ketones (excluding diaryl/α,β-unsaturated/α-hetero) is 1. The Kier molecular flexibility index (Phi) is 4.33. The van der Waals surface area contributed by atoms with E-state index in [-0.39, 0.29) is 5.56 Å². The predicted molar refractivity (Wildman–Crippen MR) is 89.7 cm³/mol. The van der Waals surface area contributed by atoms with Crippen molar-refractivity contribution in [3.05, 3.63) is 62.0 Å². The number of halogens is 4. The van der Waals surface area contributed by atoms with Crippen LogP contribution in [-0.4, -0.2) is 10.8 Å². The van der Waals surface area contributed by atoms with Crippen LogP contribution in [0, 0.1) is 0 Å². The second-order valence-corrected chi connectivity index (χ2v) is 6.30. The number of carbonyl (C=O) groups is 1.